The van der Waals surface area contributed by atoms with E-state index in [-0.39, 0.29) is 11.9 Å². The van der Waals surface area contributed by atoms with Crippen LogP contribution in [0.25, 0.3) is 10.8 Å². The Balaban J connectivity index is 1.29. The molecule has 156 valence electrons. The molecule has 1 atom stereocenters. The summed E-state index contributed by atoms with van der Waals surface area (Å²) >= 11 is 0. The highest BCUT2D eigenvalue weighted by molar-refractivity contribution is 5.96. The van der Waals surface area contributed by atoms with Crippen molar-refractivity contribution in [2.45, 2.75) is 19.5 Å². The van der Waals surface area contributed by atoms with Gasteiger partial charge >= 0.3 is 0 Å². The lowest BCUT2D eigenvalue weighted by atomic mass is 10.1. The number of carbonyl (C=O) groups is 1. The first kappa shape index (κ1) is 20.4. The molecule has 3 aromatic carbocycles. The SMILES string of the molecule is COc1ccc(C[NH+]2CC[NH+]([C@@H](C)C(=O)Nc3ccc4ccccc4c3)CC2)cc1. The van der Waals surface area contributed by atoms with Crippen molar-refractivity contribution in [3.05, 3.63) is 72.3 Å². The minimum Gasteiger partial charge on any atom is -0.497 e. The van der Waals surface area contributed by atoms with Crippen molar-refractivity contribution >= 4 is 22.4 Å². The average Bonchev–Trinajstić information content (AvgIpc) is 2.79. The van der Waals surface area contributed by atoms with Gasteiger partial charge in [0.05, 0.1) is 7.11 Å². The molecular formula is C25H31N3O2+2. The number of nitrogens with one attached hydrogen (secondary N) is 3. The van der Waals surface area contributed by atoms with Gasteiger partial charge in [0.2, 0.25) is 0 Å². The van der Waals surface area contributed by atoms with E-state index in [1.807, 2.05) is 43.3 Å². The number of amides is 1. The molecule has 30 heavy (non-hydrogen) atoms. The number of ether oxygens (including phenoxy) is 1. The van der Waals surface area contributed by atoms with Crippen LogP contribution < -0.4 is 19.9 Å². The van der Waals surface area contributed by atoms with Crippen LogP contribution in [-0.4, -0.2) is 45.2 Å². The van der Waals surface area contributed by atoms with E-state index in [0.29, 0.717) is 0 Å². The van der Waals surface area contributed by atoms with Crippen LogP contribution >= 0.6 is 0 Å². The number of quaternary nitrogens is 2. The summed E-state index contributed by atoms with van der Waals surface area (Å²) in [6.45, 7) is 7.24. The first-order valence-corrected chi connectivity index (χ1v) is 10.7. The molecule has 3 N–H and O–H groups in total. The molecule has 5 nitrogen and oxygen atoms in total. The Morgan fingerprint density at radius 3 is 2.37 bits per heavy atom. The van der Waals surface area contributed by atoms with E-state index in [2.05, 4.69) is 35.6 Å². The Labute approximate surface area is 178 Å². The summed E-state index contributed by atoms with van der Waals surface area (Å²) in [7, 11) is 1.69. The van der Waals surface area contributed by atoms with Gasteiger partial charge in [0.15, 0.2) is 6.04 Å². The fourth-order valence-electron chi connectivity index (χ4n) is 4.27. The van der Waals surface area contributed by atoms with Crippen LogP contribution in [0, 0.1) is 0 Å². The first-order chi connectivity index (χ1) is 14.6. The molecule has 1 fully saturated rings. The Hall–Kier alpha value is -2.89. The van der Waals surface area contributed by atoms with E-state index >= 15 is 0 Å². The maximum atomic E-state index is 12.8. The number of rotatable bonds is 6. The van der Waals surface area contributed by atoms with Crippen LogP contribution in [0.1, 0.15) is 12.5 Å². The van der Waals surface area contributed by atoms with Crippen LogP contribution in [0.15, 0.2) is 66.7 Å². The number of hydrogen-bond acceptors (Lipinski definition) is 2. The monoisotopic (exact) mass is 405 g/mol. The molecule has 1 aliphatic rings. The lowest BCUT2D eigenvalue weighted by Crippen LogP contribution is -3.29. The number of hydrogen-bond donors (Lipinski definition) is 3. The third kappa shape index (κ3) is 4.81. The topological polar surface area (TPSA) is 47.2 Å². The van der Waals surface area contributed by atoms with Gasteiger partial charge in [-0.3, -0.25) is 4.79 Å². The number of carbonyl (C=O) groups excluding carboxylic acids is 1. The molecule has 0 aliphatic carbocycles. The summed E-state index contributed by atoms with van der Waals surface area (Å²) in [6, 6.07) is 22.6. The minimum atomic E-state index is -0.0565. The molecule has 1 aliphatic heterocycles. The second kappa shape index (κ2) is 9.28. The molecule has 0 unspecified atom stereocenters. The maximum Gasteiger partial charge on any atom is 0.282 e. The van der Waals surface area contributed by atoms with Crippen molar-refractivity contribution in [2.24, 2.45) is 0 Å². The van der Waals surface area contributed by atoms with Gasteiger partial charge in [-0.25, -0.2) is 0 Å². The highest BCUT2D eigenvalue weighted by Crippen LogP contribution is 2.18. The van der Waals surface area contributed by atoms with Gasteiger partial charge in [0.25, 0.3) is 5.91 Å². The summed E-state index contributed by atoms with van der Waals surface area (Å²) < 4.78 is 5.24. The molecular weight excluding hydrogens is 374 g/mol. The van der Waals surface area contributed by atoms with Gasteiger partial charge in [-0.15, -0.1) is 0 Å². The summed E-state index contributed by atoms with van der Waals surface area (Å²) in [5.41, 5.74) is 2.20. The number of piperazine rings is 1. The predicted molar refractivity (Wildman–Crippen MR) is 120 cm³/mol. The second-order valence-electron chi connectivity index (χ2n) is 8.21. The van der Waals surface area contributed by atoms with Gasteiger partial charge in [-0.2, -0.15) is 0 Å². The summed E-state index contributed by atoms with van der Waals surface area (Å²) in [5, 5.41) is 5.44. The van der Waals surface area contributed by atoms with Crippen molar-refractivity contribution in [2.75, 3.05) is 38.6 Å². The van der Waals surface area contributed by atoms with E-state index < -0.39 is 0 Å². The molecule has 3 aromatic rings. The van der Waals surface area contributed by atoms with Crippen molar-refractivity contribution in [3.8, 4) is 5.75 Å². The van der Waals surface area contributed by atoms with E-state index in [0.717, 1.165) is 49.5 Å². The normalized spacial score (nSPS) is 19.9. The van der Waals surface area contributed by atoms with Crippen LogP contribution in [0.2, 0.25) is 0 Å². The second-order valence-corrected chi connectivity index (χ2v) is 8.21. The zero-order valence-corrected chi connectivity index (χ0v) is 17.8. The smallest absolute Gasteiger partial charge is 0.282 e. The number of anilines is 1. The standard InChI is InChI=1S/C25H29N3O2/c1-19(25(29)26-23-10-9-21-5-3-4-6-22(21)17-23)28-15-13-27(14-16-28)18-20-7-11-24(30-2)12-8-20/h3-12,17,19H,13-16,18H2,1-2H3,(H,26,29)/p+2/t19-/m0/s1. The maximum absolute atomic E-state index is 12.8. The lowest BCUT2D eigenvalue weighted by molar-refractivity contribution is -1.02. The van der Waals surface area contributed by atoms with Crippen LogP contribution in [0.5, 0.6) is 5.75 Å². The lowest BCUT2D eigenvalue weighted by Gasteiger charge is -2.32. The Morgan fingerprint density at radius 2 is 1.67 bits per heavy atom. The first-order valence-electron chi connectivity index (χ1n) is 10.7. The fourth-order valence-corrected chi connectivity index (χ4v) is 4.27. The molecule has 0 radical (unpaired) electrons. The highest BCUT2D eigenvalue weighted by Gasteiger charge is 2.31. The Kier molecular flexibility index (Phi) is 6.31. The minimum absolute atomic E-state index is 0.0565. The predicted octanol–water partition coefficient (Wildman–Crippen LogP) is 1.16. The fraction of sp³-hybridized carbons (Fsp3) is 0.320. The van der Waals surface area contributed by atoms with Crippen molar-refractivity contribution in [1.82, 2.24) is 0 Å². The quantitative estimate of drug-likeness (QED) is 0.576. The van der Waals surface area contributed by atoms with Crippen molar-refractivity contribution < 1.29 is 19.3 Å². The molecule has 1 amide bonds. The zero-order chi connectivity index (χ0) is 20.9. The highest BCUT2D eigenvalue weighted by atomic mass is 16.5. The zero-order valence-electron chi connectivity index (χ0n) is 17.8. The molecule has 4 rings (SSSR count). The Bertz CT molecular complexity index is 995. The van der Waals surface area contributed by atoms with Crippen molar-refractivity contribution in [1.29, 1.82) is 0 Å². The van der Waals surface area contributed by atoms with Crippen LogP contribution in [0.4, 0.5) is 5.69 Å². The van der Waals surface area contributed by atoms with E-state index in [1.54, 1.807) is 12.0 Å². The summed E-state index contributed by atoms with van der Waals surface area (Å²) in [6.07, 6.45) is 0. The average molecular weight is 406 g/mol. The third-order valence-electron chi connectivity index (χ3n) is 6.24. The van der Waals surface area contributed by atoms with Gasteiger partial charge in [-0.1, -0.05) is 30.3 Å². The molecule has 0 spiro atoms. The Morgan fingerprint density at radius 1 is 0.967 bits per heavy atom. The molecule has 0 aromatic heterocycles. The molecule has 1 saturated heterocycles. The van der Waals surface area contributed by atoms with Crippen LogP contribution in [0.3, 0.4) is 0 Å². The van der Waals surface area contributed by atoms with Gasteiger partial charge in [0.1, 0.15) is 38.5 Å². The van der Waals surface area contributed by atoms with E-state index in [9.17, 15) is 4.79 Å². The van der Waals surface area contributed by atoms with E-state index in [1.165, 1.54) is 15.8 Å². The number of benzene rings is 3. The third-order valence-corrected chi connectivity index (χ3v) is 6.24. The largest absolute Gasteiger partial charge is 0.497 e. The summed E-state index contributed by atoms with van der Waals surface area (Å²) in [5.74, 6) is 0.994. The van der Waals surface area contributed by atoms with Gasteiger partial charge < -0.3 is 19.9 Å². The number of fused-ring (bicyclic) bond motifs is 1. The molecule has 0 saturated carbocycles. The summed E-state index contributed by atoms with van der Waals surface area (Å²) in [4.78, 5) is 15.8. The molecule has 1 heterocycles. The van der Waals surface area contributed by atoms with Gasteiger partial charge in [0, 0.05) is 11.3 Å². The van der Waals surface area contributed by atoms with Crippen LogP contribution in [-0.2, 0) is 11.3 Å². The van der Waals surface area contributed by atoms with E-state index in [4.69, 9.17) is 4.74 Å². The molecule has 5 heteroatoms. The number of methoxy groups -OCH3 is 1. The van der Waals surface area contributed by atoms with Gasteiger partial charge in [-0.05, 0) is 54.1 Å². The van der Waals surface area contributed by atoms with Crippen molar-refractivity contribution in [3.63, 3.8) is 0 Å². The molecule has 0 bridgehead atoms.